The predicted molar refractivity (Wildman–Crippen MR) is 117 cm³/mol. The number of benzene rings is 1. The molecule has 30 heavy (non-hydrogen) atoms. The van der Waals surface area contributed by atoms with E-state index in [1.54, 1.807) is 4.90 Å². The molecule has 158 valence electrons. The SMILES string of the molecule is CN(C)CCCN(CCNC(=O)c1cnccn1)C(=O)Cc1nsc2ccccc12. The minimum atomic E-state index is -0.297. The normalized spacial score (nSPS) is 11.0. The molecule has 2 amide bonds. The Hall–Kier alpha value is -2.91. The van der Waals surface area contributed by atoms with Crippen LogP contribution < -0.4 is 5.32 Å². The second-order valence-electron chi connectivity index (χ2n) is 7.19. The summed E-state index contributed by atoms with van der Waals surface area (Å²) in [5, 5.41) is 3.84. The van der Waals surface area contributed by atoms with Crippen molar-refractivity contribution in [3.63, 3.8) is 0 Å². The van der Waals surface area contributed by atoms with Crippen LogP contribution in [0.3, 0.4) is 0 Å². The highest BCUT2D eigenvalue weighted by Gasteiger charge is 2.18. The van der Waals surface area contributed by atoms with Gasteiger partial charge in [0.15, 0.2) is 0 Å². The first-order chi connectivity index (χ1) is 14.5. The molecule has 0 atom stereocenters. The van der Waals surface area contributed by atoms with Gasteiger partial charge in [-0.2, -0.15) is 4.37 Å². The highest BCUT2D eigenvalue weighted by atomic mass is 32.1. The Kier molecular flexibility index (Phi) is 7.81. The van der Waals surface area contributed by atoms with Gasteiger partial charge in [0.1, 0.15) is 5.69 Å². The molecule has 2 aromatic heterocycles. The van der Waals surface area contributed by atoms with Gasteiger partial charge in [0.2, 0.25) is 5.91 Å². The topological polar surface area (TPSA) is 91.3 Å². The summed E-state index contributed by atoms with van der Waals surface area (Å²) in [6, 6.07) is 7.94. The quantitative estimate of drug-likeness (QED) is 0.532. The lowest BCUT2D eigenvalue weighted by molar-refractivity contribution is -0.130. The fraction of sp³-hybridized carbons (Fsp3) is 0.381. The Morgan fingerprint density at radius 2 is 1.93 bits per heavy atom. The van der Waals surface area contributed by atoms with Crippen LogP contribution in [0.2, 0.25) is 0 Å². The number of carbonyl (C=O) groups excluding carboxylic acids is 2. The zero-order chi connectivity index (χ0) is 21.3. The predicted octanol–water partition coefficient (Wildman–Crippen LogP) is 1.84. The van der Waals surface area contributed by atoms with E-state index in [9.17, 15) is 9.59 Å². The number of nitrogens with zero attached hydrogens (tertiary/aromatic N) is 5. The Morgan fingerprint density at radius 1 is 1.10 bits per heavy atom. The van der Waals surface area contributed by atoms with Crippen LogP contribution in [-0.2, 0) is 11.2 Å². The molecule has 0 spiro atoms. The highest BCUT2D eigenvalue weighted by molar-refractivity contribution is 7.13. The van der Waals surface area contributed by atoms with Crippen molar-refractivity contribution in [3.05, 3.63) is 54.2 Å². The summed E-state index contributed by atoms with van der Waals surface area (Å²) in [7, 11) is 4.02. The van der Waals surface area contributed by atoms with Gasteiger partial charge in [-0.15, -0.1) is 0 Å². The molecule has 0 bridgehead atoms. The van der Waals surface area contributed by atoms with Crippen LogP contribution in [-0.4, -0.2) is 76.2 Å². The molecule has 1 aromatic carbocycles. The van der Waals surface area contributed by atoms with Crippen LogP contribution >= 0.6 is 11.5 Å². The van der Waals surface area contributed by atoms with Gasteiger partial charge in [0.25, 0.3) is 5.91 Å². The Balaban J connectivity index is 1.60. The largest absolute Gasteiger partial charge is 0.349 e. The van der Waals surface area contributed by atoms with Crippen molar-refractivity contribution in [2.45, 2.75) is 12.8 Å². The van der Waals surface area contributed by atoms with Gasteiger partial charge < -0.3 is 15.1 Å². The molecule has 9 heteroatoms. The van der Waals surface area contributed by atoms with Gasteiger partial charge in [-0.25, -0.2) is 4.98 Å². The van der Waals surface area contributed by atoms with Gasteiger partial charge >= 0.3 is 0 Å². The van der Waals surface area contributed by atoms with Gasteiger partial charge in [0.05, 0.1) is 23.0 Å². The number of aromatic nitrogens is 3. The lowest BCUT2D eigenvalue weighted by Crippen LogP contribution is -2.40. The maximum Gasteiger partial charge on any atom is 0.271 e. The number of hydrogen-bond donors (Lipinski definition) is 1. The number of rotatable bonds is 10. The average Bonchev–Trinajstić information content (AvgIpc) is 3.15. The summed E-state index contributed by atoms with van der Waals surface area (Å²) >= 11 is 1.41. The smallest absolute Gasteiger partial charge is 0.271 e. The van der Waals surface area contributed by atoms with E-state index >= 15 is 0 Å². The van der Waals surface area contributed by atoms with Crippen LogP contribution in [0, 0.1) is 0 Å². The van der Waals surface area contributed by atoms with E-state index in [0.717, 1.165) is 28.7 Å². The van der Waals surface area contributed by atoms with Crippen molar-refractivity contribution in [3.8, 4) is 0 Å². The molecule has 0 aliphatic rings. The Bertz CT molecular complexity index is 976. The van der Waals surface area contributed by atoms with Crippen LogP contribution in [0.5, 0.6) is 0 Å². The van der Waals surface area contributed by atoms with Crippen LogP contribution in [0.4, 0.5) is 0 Å². The number of hydrogen-bond acceptors (Lipinski definition) is 7. The van der Waals surface area contributed by atoms with E-state index in [1.165, 1.54) is 30.1 Å². The first kappa shape index (κ1) is 21.8. The summed E-state index contributed by atoms with van der Waals surface area (Å²) in [6.45, 7) is 2.29. The molecule has 0 fully saturated rings. The lowest BCUT2D eigenvalue weighted by atomic mass is 10.1. The van der Waals surface area contributed by atoms with Gasteiger partial charge in [-0.3, -0.25) is 14.6 Å². The molecule has 0 saturated carbocycles. The molecule has 0 aliphatic heterocycles. The molecular weight excluding hydrogens is 400 g/mol. The Morgan fingerprint density at radius 3 is 2.70 bits per heavy atom. The standard InChI is InChI=1S/C21H26N6O2S/c1-26(2)11-5-12-27(13-10-24-21(29)18-15-22-8-9-23-18)20(28)14-17-16-6-3-4-7-19(16)30-25-17/h3-4,6-9,15H,5,10-14H2,1-2H3,(H,24,29). The molecule has 2 heterocycles. The summed E-state index contributed by atoms with van der Waals surface area (Å²) in [4.78, 5) is 37.0. The first-order valence-electron chi connectivity index (χ1n) is 9.84. The fourth-order valence-corrected chi connectivity index (χ4v) is 3.87. The van der Waals surface area contributed by atoms with Gasteiger partial charge in [0, 0.05) is 37.4 Å². The summed E-state index contributed by atoms with van der Waals surface area (Å²) in [6.07, 6.45) is 5.52. The van der Waals surface area contributed by atoms with Crippen molar-refractivity contribution < 1.29 is 9.59 Å². The molecule has 0 aliphatic carbocycles. The van der Waals surface area contributed by atoms with Crippen molar-refractivity contribution in [1.29, 1.82) is 0 Å². The molecule has 8 nitrogen and oxygen atoms in total. The third kappa shape index (κ3) is 6.04. The third-order valence-corrected chi connectivity index (χ3v) is 5.48. The van der Waals surface area contributed by atoms with Gasteiger partial charge in [-0.1, -0.05) is 18.2 Å². The van der Waals surface area contributed by atoms with E-state index in [-0.39, 0.29) is 23.9 Å². The molecule has 0 radical (unpaired) electrons. The van der Waals surface area contributed by atoms with Crippen LogP contribution in [0.15, 0.2) is 42.9 Å². The Labute approximate surface area is 180 Å². The number of amides is 2. The lowest BCUT2D eigenvalue weighted by Gasteiger charge is -2.23. The van der Waals surface area contributed by atoms with E-state index < -0.39 is 0 Å². The van der Waals surface area contributed by atoms with Crippen molar-refractivity contribution >= 4 is 33.4 Å². The zero-order valence-electron chi connectivity index (χ0n) is 17.2. The highest BCUT2D eigenvalue weighted by Crippen LogP contribution is 2.22. The zero-order valence-corrected chi connectivity index (χ0v) is 18.1. The molecule has 0 saturated heterocycles. The maximum atomic E-state index is 13.0. The molecular formula is C21H26N6O2S. The number of nitrogens with one attached hydrogen (secondary N) is 1. The van der Waals surface area contributed by atoms with E-state index in [2.05, 4.69) is 24.6 Å². The minimum Gasteiger partial charge on any atom is -0.349 e. The molecule has 3 aromatic rings. The second-order valence-corrected chi connectivity index (χ2v) is 7.99. The van der Waals surface area contributed by atoms with Crippen molar-refractivity contribution in [1.82, 2.24) is 29.5 Å². The van der Waals surface area contributed by atoms with Gasteiger partial charge in [-0.05, 0) is 44.7 Å². The monoisotopic (exact) mass is 426 g/mol. The fourth-order valence-electron chi connectivity index (χ4n) is 3.07. The molecule has 3 rings (SSSR count). The van der Waals surface area contributed by atoms with Crippen LogP contribution in [0.25, 0.3) is 10.1 Å². The average molecular weight is 427 g/mol. The van der Waals surface area contributed by atoms with E-state index in [0.29, 0.717) is 19.6 Å². The van der Waals surface area contributed by atoms with Crippen molar-refractivity contribution in [2.24, 2.45) is 0 Å². The summed E-state index contributed by atoms with van der Waals surface area (Å²) in [5.41, 5.74) is 1.07. The third-order valence-electron chi connectivity index (χ3n) is 4.62. The first-order valence-corrected chi connectivity index (χ1v) is 10.6. The number of fused-ring (bicyclic) bond motifs is 1. The molecule has 0 unspecified atom stereocenters. The summed E-state index contributed by atoms with van der Waals surface area (Å²) in [5.74, 6) is -0.284. The van der Waals surface area contributed by atoms with Crippen LogP contribution in [0.1, 0.15) is 22.6 Å². The van der Waals surface area contributed by atoms with E-state index in [1.807, 2.05) is 38.4 Å². The van der Waals surface area contributed by atoms with E-state index in [4.69, 9.17) is 0 Å². The minimum absolute atomic E-state index is 0.0126. The second kappa shape index (κ2) is 10.7. The number of carbonyl (C=O) groups is 2. The van der Waals surface area contributed by atoms with Crippen molar-refractivity contribution in [2.75, 3.05) is 40.3 Å². The summed E-state index contributed by atoms with van der Waals surface area (Å²) < 4.78 is 5.55. The maximum absolute atomic E-state index is 13.0. The molecule has 1 N–H and O–H groups in total.